The molecule has 0 unspecified atom stereocenters. The molecule has 0 spiro atoms. The van der Waals surface area contributed by atoms with E-state index in [0.29, 0.717) is 11.4 Å². The standard InChI is InChI=1S/C34H25BN2O4/c38-33(40-22-24-12-3-1-4-13-24)36-28-18-9-7-16-26(28)35-27-17-8-10-19-29(27)37(31-21-11-20-30(36)32(31)35)34(39)41-23-25-14-5-2-6-15-25/h1-21H,22-23H2. The fraction of sp³-hybridized carbons (Fsp3) is 0.0588. The lowest BCUT2D eigenvalue weighted by atomic mass is 9.33. The fourth-order valence-corrected chi connectivity index (χ4v) is 5.80. The minimum atomic E-state index is -0.481. The first-order chi connectivity index (χ1) is 20.2. The zero-order chi connectivity index (χ0) is 27.8. The van der Waals surface area contributed by atoms with Gasteiger partial charge in [-0.15, -0.1) is 0 Å². The van der Waals surface area contributed by atoms with Crippen molar-refractivity contribution in [1.82, 2.24) is 0 Å². The van der Waals surface area contributed by atoms with E-state index < -0.39 is 12.2 Å². The number of ether oxygens (including phenoxy) is 2. The van der Waals surface area contributed by atoms with Gasteiger partial charge in [0.05, 0.1) is 0 Å². The number of nitrogens with zero attached hydrogens (tertiary/aromatic N) is 2. The van der Waals surface area contributed by atoms with Gasteiger partial charge in [0.25, 0.3) is 6.71 Å². The highest BCUT2D eigenvalue weighted by molar-refractivity contribution is 7.00. The molecule has 0 bridgehead atoms. The largest absolute Gasteiger partial charge is 0.444 e. The normalized spacial score (nSPS) is 12.6. The Morgan fingerprint density at radius 1 is 0.488 bits per heavy atom. The smallest absolute Gasteiger partial charge is 0.419 e. The molecule has 0 aromatic heterocycles. The fourth-order valence-electron chi connectivity index (χ4n) is 5.80. The molecule has 5 aromatic carbocycles. The van der Waals surface area contributed by atoms with Gasteiger partial charge in [0, 0.05) is 22.7 Å². The number of carbonyl (C=O) groups excluding carboxylic acids is 2. The third-order valence-corrected chi connectivity index (χ3v) is 7.58. The van der Waals surface area contributed by atoms with E-state index in [2.05, 4.69) is 0 Å². The van der Waals surface area contributed by atoms with Crippen LogP contribution in [-0.4, -0.2) is 18.9 Å². The van der Waals surface area contributed by atoms with Crippen LogP contribution < -0.4 is 26.2 Å². The first-order valence-electron chi connectivity index (χ1n) is 13.5. The molecular weight excluding hydrogens is 511 g/mol. The molecule has 0 saturated carbocycles. The number of anilines is 4. The minimum Gasteiger partial charge on any atom is -0.444 e. The quantitative estimate of drug-likeness (QED) is 0.274. The minimum absolute atomic E-state index is 0.150. The molecule has 0 fully saturated rings. The van der Waals surface area contributed by atoms with Crippen molar-refractivity contribution in [3.05, 3.63) is 139 Å². The van der Waals surface area contributed by atoms with Crippen LogP contribution in [0, 0.1) is 0 Å². The van der Waals surface area contributed by atoms with E-state index in [1.54, 1.807) is 9.80 Å². The number of para-hydroxylation sites is 2. The van der Waals surface area contributed by atoms with Crippen LogP contribution in [0.25, 0.3) is 0 Å². The number of fused-ring (bicyclic) bond motifs is 4. The molecule has 7 heteroatoms. The highest BCUT2D eigenvalue weighted by Gasteiger charge is 2.45. The summed E-state index contributed by atoms with van der Waals surface area (Å²) in [7, 11) is 0. The lowest BCUT2D eigenvalue weighted by molar-refractivity contribution is 0.149. The maximum absolute atomic E-state index is 13.7. The topological polar surface area (TPSA) is 59.1 Å². The van der Waals surface area contributed by atoms with Crippen molar-refractivity contribution >= 4 is 58.0 Å². The highest BCUT2D eigenvalue weighted by atomic mass is 16.6. The Morgan fingerprint density at radius 2 is 0.878 bits per heavy atom. The summed E-state index contributed by atoms with van der Waals surface area (Å²) in [6.45, 7) is 0.125. The van der Waals surface area contributed by atoms with Crippen molar-refractivity contribution in [2.45, 2.75) is 13.2 Å². The number of rotatable bonds is 4. The van der Waals surface area contributed by atoms with Gasteiger partial charge < -0.3 is 9.47 Å². The Labute approximate surface area is 238 Å². The van der Waals surface area contributed by atoms with Crippen LogP contribution in [0.2, 0.25) is 0 Å². The van der Waals surface area contributed by atoms with Crippen LogP contribution in [0.3, 0.4) is 0 Å². The molecule has 2 aliphatic heterocycles. The third kappa shape index (κ3) is 4.32. The summed E-state index contributed by atoms with van der Waals surface area (Å²) < 4.78 is 11.6. The Hall–Kier alpha value is -5.30. The van der Waals surface area contributed by atoms with E-state index in [0.717, 1.165) is 38.9 Å². The molecular formula is C34H25BN2O4. The SMILES string of the molecule is O=C(OCc1ccccc1)N1c2ccccc2B2c3ccccc3N(C(=O)OCc3ccccc3)c3cccc1c32. The second kappa shape index (κ2) is 10.4. The Kier molecular flexibility index (Phi) is 6.24. The van der Waals surface area contributed by atoms with Gasteiger partial charge in [-0.05, 0) is 51.8 Å². The molecule has 0 atom stereocenters. The number of carbonyl (C=O) groups is 2. The van der Waals surface area contributed by atoms with Crippen molar-refractivity contribution in [1.29, 1.82) is 0 Å². The van der Waals surface area contributed by atoms with Crippen molar-refractivity contribution in [3.63, 3.8) is 0 Å². The summed E-state index contributed by atoms with van der Waals surface area (Å²) in [6, 6.07) is 40.7. The monoisotopic (exact) mass is 536 g/mol. The molecule has 2 amide bonds. The molecule has 0 N–H and O–H groups in total. The van der Waals surface area contributed by atoms with Crippen LogP contribution >= 0.6 is 0 Å². The van der Waals surface area contributed by atoms with Gasteiger partial charge >= 0.3 is 12.2 Å². The first kappa shape index (κ1) is 24.7. The Balaban J connectivity index is 1.32. The average molecular weight is 536 g/mol. The lowest BCUT2D eigenvalue weighted by Gasteiger charge is -2.41. The second-order valence-corrected chi connectivity index (χ2v) is 10.0. The van der Waals surface area contributed by atoms with Crippen molar-refractivity contribution in [2.75, 3.05) is 9.80 Å². The molecule has 2 heterocycles. The van der Waals surface area contributed by atoms with Gasteiger partial charge in [0.2, 0.25) is 0 Å². The molecule has 2 aliphatic rings. The van der Waals surface area contributed by atoms with Crippen LogP contribution in [0.1, 0.15) is 11.1 Å². The Morgan fingerprint density at radius 3 is 1.34 bits per heavy atom. The molecule has 198 valence electrons. The van der Waals surface area contributed by atoms with Gasteiger partial charge in [-0.2, -0.15) is 0 Å². The summed E-state index contributed by atoms with van der Waals surface area (Å²) >= 11 is 0. The molecule has 7 rings (SSSR count). The maximum Gasteiger partial charge on any atom is 0.419 e. The number of hydrogen-bond acceptors (Lipinski definition) is 4. The van der Waals surface area contributed by atoms with Gasteiger partial charge in [0.1, 0.15) is 13.2 Å². The molecule has 0 saturated heterocycles. The molecule has 0 aliphatic carbocycles. The number of benzene rings is 5. The molecule has 41 heavy (non-hydrogen) atoms. The van der Waals surface area contributed by atoms with E-state index in [-0.39, 0.29) is 19.9 Å². The maximum atomic E-state index is 13.7. The van der Waals surface area contributed by atoms with Gasteiger partial charge in [-0.1, -0.05) is 103 Å². The molecule has 5 aromatic rings. The number of amides is 2. The molecule has 6 nitrogen and oxygen atoms in total. The highest BCUT2D eigenvalue weighted by Crippen LogP contribution is 2.38. The summed E-state index contributed by atoms with van der Waals surface area (Å²) in [5.74, 6) is 0. The van der Waals surface area contributed by atoms with Gasteiger partial charge in [-0.25, -0.2) is 19.4 Å². The van der Waals surface area contributed by atoms with Gasteiger partial charge in [-0.3, -0.25) is 0 Å². The zero-order valence-corrected chi connectivity index (χ0v) is 22.1. The summed E-state index contributed by atoms with van der Waals surface area (Å²) in [5, 5.41) is 0. The second-order valence-electron chi connectivity index (χ2n) is 10.0. The van der Waals surface area contributed by atoms with Crippen LogP contribution in [-0.2, 0) is 22.7 Å². The van der Waals surface area contributed by atoms with E-state index in [1.807, 2.05) is 127 Å². The van der Waals surface area contributed by atoms with E-state index >= 15 is 0 Å². The predicted molar refractivity (Wildman–Crippen MR) is 162 cm³/mol. The summed E-state index contributed by atoms with van der Waals surface area (Å²) in [5.41, 5.74) is 7.48. The van der Waals surface area contributed by atoms with E-state index in [4.69, 9.17) is 9.47 Å². The molecule has 0 radical (unpaired) electrons. The van der Waals surface area contributed by atoms with Crippen LogP contribution in [0.4, 0.5) is 32.3 Å². The van der Waals surface area contributed by atoms with E-state index in [9.17, 15) is 9.59 Å². The third-order valence-electron chi connectivity index (χ3n) is 7.58. The predicted octanol–water partition coefficient (Wildman–Crippen LogP) is 5.78. The Bertz CT molecular complexity index is 1630. The average Bonchev–Trinajstić information content (AvgIpc) is 3.03. The zero-order valence-electron chi connectivity index (χ0n) is 22.1. The summed E-state index contributed by atoms with van der Waals surface area (Å²) in [6.07, 6.45) is -0.963. The van der Waals surface area contributed by atoms with Crippen molar-refractivity contribution < 1.29 is 19.1 Å². The van der Waals surface area contributed by atoms with Crippen LogP contribution in [0.5, 0.6) is 0 Å². The van der Waals surface area contributed by atoms with Crippen molar-refractivity contribution in [3.8, 4) is 0 Å². The van der Waals surface area contributed by atoms with E-state index in [1.165, 1.54) is 0 Å². The lowest BCUT2D eigenvalue weighted by Crippen LogP contribution is -2.63. The first-order valence-corrected chi connectivity index (χ1v) is 13.5. The van der Waals surface area contributed by atoms with Crippen molar-refractivity contribution in [2.24, 2.45) is 0 Å². The van der Waals surface area contributed by atoms with Gasteiger partial charge in [0.15, 0.2) is 0 Å². The number of hydrogen-bond donors (Lipinski definition) is 0. The summed E-state index contributed by atoms with van der Waals surface area (Å²) in [4.78, 5) is 30.7. The van der Waals surface area contributed by atoms with Crippen LogP contribution in [0.15, 0.2) is 127 Å².